The molecule has 230 valence electrons. The first-order valence-electron chi connectivity index (χ1n) is 16.2. The second-order valence-electron chi connectivity index (χ2n) is 15.6. The van der Waals surface area contributed by atoms with Crippen LogP contribution in [0.15, 0.2) is 0 Å². The van der Waals surface area contributed by atoms with Gasteiger partial charge in [0.15, 0.2) is 0 Å². The Hall–Kier alpha value is -0.570. The number of carbonyl (C=O) groups excluding carboxylic acids is 1. The standard InChI is InChI=1S/C33H56O7/c1-18-9-7-8-14-39-30(31(3,4)40-18)29(38)28(37)19(2)21-10-11-22-20-15-25(34)24-16-26(35)27(36)17-33(24,6)23(20)12-13-32(21,22)5/h18-24,26-30,35-38H,7-17H2,1-6H3/t18?,19-,20-,21+,22-,23-,24+,26-,27+,28+,29-,30?,32+,33+/m0/s1. The molecule has 4 saturated carbocycles. The number of hydrogen-bond acceptors (Lipinski definition) is 7. The number of ketones is 1. The molecule has 4 aliphatic carbocycles. The highest BCUT2D eigenvalue weighted by Crippen LogP contribution is 2.68. The SMILES string of the molecule is CC1CCCCOC([C@@H](O)[C@H](O)[C@@H](C)[C@H]2CC[C@H]3[C@@H]4CC(=O)[C@H]5C[C@H](O)[C@H](O)C[C@]5(C)[C@H]4CC[C@]23C)C(C)(C)O1. The van der Waals surface area contributed by atoms with Crippen molar-refractivity contribution in [2.75, 3.05) is 6.61 Å². The van der Waals surface area contributed by atoms with Crippen molar-refractivity contribution in [3.8, 4) is 0 Å². The zero-order chi connectivity index (χ0) is 29.2. The zero-order valence-electron chi connectivity index (χ0n) is 25.7. The first-order chi connectivity index (χ1) is 18.7. The van der Waals surface area contributed by atoms with Crippen molar-refractivity contribution in [2.45, 2.75) is 148 Å². The summed E-state index contributed by atoms with van der Waals surface area (Å²) in [7, 11) is 0. The van der Waals surface area contributed by atoms with Crippen LogP contribution >= 0.6 is 0 Å². The van der Waals surface area contributed by atoms with E-state index in [2.05, 4.69) is 27.7 Å². The molecular formula is C33H56O7. The van der Waals surface area contributed by atoms with Crippen LogP contribution in [0.25, 0.3) is 0 Å². The van der Waals surface area contributed by atoms with Gasteiger partial charge in [0.2, 0.25) is 0 Å². The summed E-state index contributed by atoms with van der Waals surface area (Å²) in [6.07, 6.45) is 4.28. The lowest BCUT2D eigenvalue weighted by Crippen LogP contribution is -2.60. The van der Waals surface area contributed by atoms with Crippen LogP contribution in [-0.2, 0) is 14.3 Å². The molecule has 0 aromatic carbocycles. The first-order valence-corrected chi connectivity index (χ1v) is 16.2. The van der Waals surface area contributed by atoms with Gasteiger partial charge in [-0.3, -0.25) is 4.79 Å². The molecule has 1 saturated heterocycles. The van der Waals surface area contributed by atoms with E-state index in [1.165, 1.54) is 0 Å². The van der Waals surface area contributed by atoms with E-state index in [1.807, 2.05) is 13.8 Å². The van der Waals surface area contributed by atoms with Gasteiger partial charge >= 0.3 is 0 Å². The highest BCUT2D eigenvalue weighted by Gasteiger charge is 2.64. The molecule has 0 bridgehead atoms. The van der Waals surface area contributed by atoms with Crippen LogP contribution in [0.3, 0.4) is 0 Å². The third-order valence-corrected chi connectivity index (χ3v) is 12.9. The molecule has 5 rings (SSSR count). The zero-order valence-corrected chi connectivity index (χ0v) is 25.7. The monoisotopic (exact) mass is 564 g/mol. The Balaban J connectivity index is 1.33. The highest BCUT2D eigenvalue weighted by atomic mass is 16.6. The second kappa shape index (κ2) is 11.2. The summed E-state index contributed by atoms with van der Waals surface area (Å²) in [6, 6.07) is 0. The lowest BCUT2D eigenvalue weighted by Gasteiger charge is -2.61. The number of fused-ring (bicyclic) bond motifs is 5. The molecule has 7 heteroatoms. The Morgan fingerprint density at radius 1 is 0.925 bits per heavy atom. The normalized spacial score (nSPS) is 49.9. The first kappa shape index (κ1) is 30.9. The Bertz CT molecular complexity index is 922. The fourth-order valence-corrected chi connectivity index (χ4v) is 10.8. The van der Waals surface area contributed by atoms with Gasteiger partial charge in [0.05, 0.1) is 30.0 Å². The Kier molecular flexibility index (Phi) is 8.62. The Morgan fingerprint density at radius 2 is 1.62 bits per heavy atom. The van der Waals surface area contributed by atoms with Crippen LogP contribution < -0.4 is 0 Å². The van der Waals surface area contributed by atoms with E-state index in [4.69, 9.17) is 9.47 Å². The largest absolute Gasteiger partial charge is 0.390 e. The summed E-state index contributed by atoms with van der Waals surface area (Å²) in [6.45, 7) is 13.2. The van der Waals surface area contributed by atoms with E-state index in [9.17, 15) is 25.2 Å². The number of Topliss-reactive ketones (excluding diaryl/α,β-unsaturated/α-hetero) is 1. The van der Waals surface area contributed by atoms with Crippen LogP contribution in [0.1, 0.15) is 106 Å². The molecule has 14 atom stereocenters. The summed E-state index contributed by atoms with van der Waals surface area (Å²) in [5.74, 6) is 1.25. The molecule has 5 fully saturated rings. The van der Waals surface area contributed by atoms with Crippen molar-refractivity contribution < 1.29 is 34.7 Å². The summed E-state index contributed by atoms with van der Waals surface area (Å²) in [5.41, 5.74) is -1.01. The molecule has 0 aromatic heterocycles. The maximum Gasteiger partial charge on any atom is 0.136 e. The number of hydrogen-bond donors (Lipinski definition) is 4. The van der Waals surface area contributed by atoms with Crippen LogP contribution in [0, 0.1) is 46.3 Å². The average Bonchev–Trinajstić information content (AvgIpc) is 3.25. The van der Waals surface area contributed by atoms with Crippen molar-refractivity contribution in [3.63, 3.8) is 0 Å². The van der Waals surface area contributed by atoms with Gasteiger partial charge in [-0.15, -0.1) is 0 Å². The van der Waals surface area contributed by atoms with Crippen molar-refractivity contribution in [1.29, 1.82) is 0 Å². The molecule has 7 nitrogen and oxygen atoms in total. The van der Waals surface area contributed by atoms with E-state index in [0.29, 0.717) is 37.7 Å². The quantitative estimate of drug-likeness (QED) is 0.403. The fraction of sp³-hybridized carbons (Fsp3) is 0.970. The van der Waals surface area contributed by atoms with Gasteiger partial charge in [-0.1, -0.05) is 20.8 Å². The van der Waals surface area contributed by atoms with Crippen LogP contribution in [-0.4, -0.2) is 75.0 Å². The van der Waals surface area contributed by atoms with E-state index < -0.39 is 36.1 Å². The van der Waals surface area contributed by atoms with Gasteiger partial charge in [0.25, 0.3) is 0 Å². The number of rotatable bonds is 4. The topological polar surface area (TPSA) is 116 Å². The molecule has 0 spiro atoms. The number of aliphatic hydroxyl groups is 4. The van der Waals surface area contributed by atoms with Gasteiger partial charge in [-0.2, -0.15) is 0 Å². The van der Waals surface area contributed by atoms with Crippen LogP contribution in [0.2, 0.25) is 0 Å². The third-order valence-electron chi connectivity index (χ3n) is 12.9. The van der Waals surface area contributed by atoms with Gasteiger partial charge < -0.3 is 29.9 Å². The van der Waals surface area contributed by atoms with Gasteiger partial charge in [-0.25, -0.2) is 0 Å². The van der Waals surface area contributed by atoms with E-state index in [0.717, 1.165) is 44.9 Å². The fourth-order valence-electron chi connectivity index (χ4n) is 10.8. The van der Waals surface area contributed by atoms with E-state index in [-0.39, 0.29) is 46.4 Å². The molecular weight excluding hydrogens is 508 g/mol. The van der Waals surface area contributed by atoms with Crippen molar-refractivity contribution >= 4 is 5.78 Å². The van der Waals surface area contributed by atoms with Crippen molar-refractivity contribution in [2.24, 2.45) is 46.3 Å². The number of aliphatic hydroxyl groups excluding tert-OH is 4. The lowest BCUT2D eigenvalue weighted by atomic mass is 9.44. The molecule has 5 aliphatic rings. The summed E-state index contributed by atoms with van der Waals surface area (Å²) >= 11 is 0. The maximum atomic E-state index is 13.5. The minimum Gasteiger partial charge on any atom is -0.390 e. The Morgan fingerprint density at radius 3 is 2.35 bits per heavy atom. The van der Waals surface area contributed by atoms with E-state index >= 15 is 0 Å². The molecule has 40 heavy (non-hydrogen) atoms. The molecule has 0 aromatic rings. The molecule has 1 heterocycles. The smallest absolute Gasteiger partial charge is 0.136 e. The summed E-state index contributed by atoms with van der Waals surface area (Å²) in [4.78, 5) is 13.5. The molecule has 1 aliphatic heterocycles. The second-order valence-corrected chi connectivity index (χ2v) is 15.6. The Labute approximate surface area is 241 Å². The third kappa shape index (κ3) is 5.13. The minimum atomic E-state index is -1.06. The number of carbonyl (C=O) groups is 1. The number of ether oxygens (including phenoxy) is 2. The molecule has 0 radical (unpaired) electrons. The predicted octanol–water partition coefficient (Wildman–Crippen LogP) is 4.27. The predicted molar refractivity (Wildman–Crippen MR) is 152 cm³/mol. The molecule has 4 N–H and O–H groups in total. The van der Waals surface area contributed by atoms with Gasteiger partial charge in [0, 0.05) is 18.9 Å². The summed E-state index contributed by atoms with van der Waals surface area (Å²) in [5, 5.41) is 44.2. The average molecular weight is 565 g/mol. The van der Waals surface area contributed by atoms with Crippen molar-refractivity contribution in [3.05, 3.63) is 0 Å². The van der Waals surface area contributed by atoms with Gasteiger partial charge in [-0.05, 0) is 119 Å². The highest BCUT2D eigenvalue weighted by molar-refractivity contribution is 5.83. The molecule has 2 unspecified atom stereocenters. The van der Waals surface area contributed by atoms with Crippen molar-refractivity contribution in [1.82, 2.24) is 0 Å². The lowest BCUT2D eigenvalue weighted by molar-refractivity contribution is -0.204. The summed E-state index contributed by atoms with van der Waals surface area (Å²) < 4.78 is 12.5. The maximum absolute atomic E-state index is 13.5. The van der Waals surface area contributed by atoms with E-state index in [1.54, 1.807) is 0 Å². The molecule has 0 amide bonds. The minimum absolute atomic E-state index is 0.0165. The van der Waals surface area contributed by atoms with Gasteiger partial charge in [0.1, 0.15) is 18.0 Å². The van der Waals surface area contributed by atoms with Crippen LogP contribution in [0.5, 0.6) is 0 Å². The van der Waals surface area contributed by atoms with Crippen LogP contribution in [0.4, 0.5) is 0 Å².